The molecule has 0 aliphatic carbocycles. The molecule has 1 heterocycles. The van der Waals surface area contributed by atoms with Crippen LogP contribution in [-0.4, -0.2) is 6.98 Å². The standard InChI is InChI=1S/C8H5BF3O/c10-9(11,12)7-2-1-3-8-6(7)4-5-13-8/h1-5H/q-1. The van der Waals surface area contributed by atoms with Crippen molar-refractivity contribution in [2.75, 3.05) is 0 Å². The van der Waals surface area contributed by atoms with Gasteiger partial charge in [-0.05, 0) is 17.5 Å². The maximum Gasteiger partial charge on any atom is 0.510 e. The predicted octanol–water partition coefficient (Wildman–Crippen LogP) is 2.49. The first-order valence-electron chi connectivity index (χ1n) is 3.75. The van der Waals surface area contributed by atoms with Gasteiger partial charge in [-0.1, -0.05) is 17.6 Å². The van der Waals surface area contributed by atoms with Gasteiger partial charge < -0.3 is 17.4 Å². The highest BCUT2D eigenvalue weighted by molar-refractivity contribution is 6.75. The van der Waals surface area contributed by atoms with Gasteiger partial charge in [0.2, 0.25) is 0 Å². The molecule has 0 N–H and O–H groups in total. The summed E-state index contributed by atoms with van der Waals surface area (Å²) in [5, 5.41) is 0.134. The van der Waals surface area contributed by atoms with Crippen LogP contribution in [0.15, 0.2) is 34.9 Å². The molecule has 0 aliphatic rings. The minimum atomic E-state index is -4.95. The monoisotopic (exact) mass is 185 g/mol. The van der Waals surface area contributed by atoms with Crippen LogP contribution in [0.3, 0.4) is 0 Å². The summed E-state index contributed by atoms with van der Waals surface area (Å²) in [6, 6.07) is 5.26. The van der Waals surface area contributed by atoms with E-state index in [1.807, 2.05) is 0 Å². The minimum Gasteiger partial charge on any atom is -0.464 e. The van der Waals surface area contributed by atoms with Gasteiger partial charge in [-0.3, -0.25) is 0 Å². The normalized spacial score (nSPS) is 12.2. The lowest BCUT2D eigenvalue weighted by molar-refractivity contribution is 0.501. The molecule has 0 spiro atoms. The molecule has 1 aromatic heterocycles. The minimum absolute atomic E-state index is 0.134. The molecule has 68 valence electrons. The summed E-state index contributed by atoms with van der Waals surface area (Å²) in [5.41, 5.74) is -0.317. The zero-order chi connectivity index (χ0) is 9.47. The van der Waals surface area contributed by atoms with Crippen LogP contribution in [-0.2, 0) is 0 Å². The van der Waals surface area contributed by atoms with Crippen LogP contribution in [0.2, 0.25) is 0 Å². The van der Waals surface area contributed by atoms with Crippen LogP contribution in [0.1, 0.15) is 0 Å². The van der Waals surface area contributed by atoms with Crippen molar-refractivity contribution < 1.29 is 17.4 Å². The van der Waals surface area contributed by atoms with Gasteiger partial charge in [-0.25, -0.2) is 0 Å². The fraction of sp³-hybridized carbons (Fsp3) is 0. The summed E-state index contributed by atoms with van der Waals surface area (Å²) in [6.45, 7) is -4.95. The predicted molar refractivity (Wildman–Crippen MR) is 44.9 cm³/mol. The van der Waals surface area contributed by atoms with E-state index in [1.54, 1.807) is 0 Å². The first kappa shape index (κ1) is 8.22. The van der Waals surface area contributed by atoms with Crippen LogP contribution < -0.4 is 5.46 Å². The second kappa shape index (κ2) is 2.55. The van der Waals surface area contributed by atoms with E-state index < -0.39 is 12.4 Å². The molecule has 0 radical (unpaired) electrons. The number of halogens is 3. The van der Waals surface area contributed by atoms with E-state index in [0.717, 1.165) is 6.07 Å². The lowest BCUT2D eigenvalue weighted by Crippen LogP contribution is -2.34. The molecule has 0 amide bonds. The fourth-order valence-corrected chi connectivity index (χ4v) is 1.30. The van der Waals surface area contributed by atoms with Gasteiger partial charge in [-0.2, -0.15) is 0 Å². The van der Waals surface area contributed by atoms with Crippen molar-refractivity contribution in [3.8, 4) is 0 Å². The van der Waals surface area contributed by atoms with Gasteiger partial charge in [0.15, 0.2) is 0 Å². The van der Waals surface area contributed by atoms with E-state index in [1.165, 1.54) is 24.5 Å². The summed E-state index contributed by atoms with van der Waals surface area (Å²) in [4.78, 5) is 0. The molecule has 1 nitrogen and oxygen atoms in total. The SMILES string of the molecule is F[B-](F)(F)c1cccc2occc12. The Morgan fingerprint density at radius 3 is 2.54 bits per heavy atom. The Hall–Kier alpha value is -1.39. The Bertz CT molecular complexity index is 432. The van der Waals surface area contributed by atoms with Gasteiger partial charge in [0, 0.05) is 0 Å². The van der Waals surface area contributed by atoms with Crippen LogP contribution in [0, 0.1) is 0 Å². The number of furan rings is 1. The lowest BCUT2D eigenvalue weighted by Gasteiger charge is -2.14. The molecule has 1 aromatic carbocycles. The largest absolute Gasteiger partial charge is 0.510 e. The topological polar surface area (TPSA) is 13.1 Å². The number of hydrogen-bond acceptors (Lipinski definition) is 1. The number of benzene rings is 1. The zero-order valence-electron chi connectivity index (χ0n) is 6.51. The summed E-state index contributed by atoms with van der Waals surface area (Å²) >= 11 is 0. The molecular formula is C8H5BF3O-. The van der Waals surface area contributed by atoms with Crippen molar-refractivity contribution >= 4 is 23.4 Å². The van der Waals surface area contributed by atoms with Gasteiger partial charge in [0.05, 0.1) is 6.26 Å². The van der Waals surface area contributed by atoms with Gasteiger partial charge in [0.1, 0.15) is 5.58 Å². The van der Waals surface area contributed by atoms with Crippen molar-refractivity contribution in [1.29, 1.82) is 0 Å². The van der Waals surface area contributed by atoms with Crippen LogP contribution >= 0.6 is 0 Å². The average Bonchev–Trinajstić information content (AvgIpc) is 2.48. The maximum atomic E-state index is 12.4. The Morgan fingerprint density at radius 2 is 1.85 bits per heavy atom. The first-order valence-corrected chi connectivity index (χ1v) is 3.75. The average molecular weight is 185 g/mol. The Kier molecular flexibility index (Phi) is 1.61. The highest BCUT2D eigenvalue weighted by atomic mass is 19.4. The molecule has 0 unspecified atom stereocenters. The molecule has 2 rings (SSSR count). The highest BCUT2D eigenvalue weighted by Crippen LogP contribution is 2.18. The van der Waals surface area contributed by atoms with E-state index >= 15 is 0 Å². The van der Waals surface area contributed by atoms with Crippen molar-refractivity contribution in [3.05, 3.63) is 30.5 Å². The van der Waals surface area contributed by atoms with Crippen molar-refractivity contribution in [3.63, 3.8) is 0 Å². The number of hydrogen-bond donors (Lipinski definition) is 0. The second-order valence-electron chi connectivity index (χ2n) is 2.75. The Balaban J connectivity index is 2.75. The van der Waals surface area contributed by atoms with Gasteiger partial charge in [-0.15, -0.1) is 0 Å². The van der Waals surface area contributed by atoms with Crippen molar-refractivity contribution in [1.82, 2.24) is 0 Å². The van der Waals surface area contributed by atoms with E-state index in [4.69, 9.17) is 4.42 Å². The third-order valence-electron chi connectivity index (χ3n) is 1.88. The van der Waals surface area contributed by atoms with Gasteiger partial charge in [0.25, 0.3) is 0 Å². The third kappa shape index (κ3) is 1.30. The molecule has 0 aliphatic heterocycles. The number of fused-ring (bicyclic) bond motifs is 1. The smallest absolute Gasteiger partial charge is 0.464 e. The first-order chi connectivity index (χ1) is 6.09. The van der Waals surface area contributed by atoms with Crippen molar-refractivity contribution in [2.24, 2.45) is 0 Å². The summed E-state index contributed by atoms with van der Waals surface area (Å²) in [6.07, 6.45) is 1.26. The molecule has 13 heavy (non-hydrogen) atoms. The third-order valence-corrected chi connectivity index (χ3v) is 1.88. The molecule has 0 atom stereocenters. The molecular weight excluding hydrogens is 180 g/mol. The quantitative estimate of drug-likeness (QED) is 0.622. The summed E-state index contributed by atoms with van der Waals surface area (Å²) in [7, 11) is 0. The fourth-order valence-electron chi connectivity index (χ4n) is 1.30. The van der Waals surface area contributed by atoms with Crippen LogP contribution in [0.4, 0.5) is 12.9 Å². The molecule has 0 saturated carbocycles. The van der Waals surface area contributed by atoms with E-state index in [0.29, 0.717) is 0 Å². The Labute approximate surface area is 72.2 Å². The molecule has 0 fully saturated rings. The summed E-state index contributed by atoms with van der Waals surface area (Å²) < 4.78 is 42.1. The second-order valence-corrected chi connectivity index (χ2v) is 2.75. The lowest BCUT2D eigenvalue weighted by atomic mass is 9.78. The summed E-state index contributed by atoms with van der Waals surface area (Å²) in [5.74, 6) is 0. The Morgan fingerprint density at radius 1 is 1.08 bits per heavy atom. The molecule has 5 heteroatoms. The van der Waals surface area contributed by atoms with E-state index in [2.05, 4.69) is 0 Å². The molecule has 2 aromatic rings. The molecule has 0 bridgehead atoms. The van der Waals surface area contributed by atoms with E-state index in [-0.39, 0.29) is 11.0 Å². The van der Waals surface area contributed by atoms with Gasteiger partial charge >= 0.3 is 6.98 Å². The van der Waals surface area contributed by atoms with Crippen LogP contribution in [0.5, 0.6) is 0 Å². The van der Waals surface area contributed by atoms with E-state index in [9.17, 15) is 12.9 Å². The van der Waals surface area contributed by atoms with Crippen LogP contribution in [0.25, 0.3) is 11.0 Å². The van der Waals surface area contributed by atoms with Crippen molar-refractivity contribution in [2.45, 2.75) is 0 Å². The number of rotatable bonds is 1. The maximum absolute atomic E-state index is 12.4. The zero-order valence-corrected chi connectivity index (χ0v) is 6.51. The highest BCUT2D eigenvalue weighted by Gasteiger charge is 2.27. The molecule has 0 saturated heterocycles.